The highest BCUT2D eigenvalue weighted by molar-refractivity contribution is 9.10. The summed E-state index contributed by atoms with van der Waals surface area (Å²) in [6, 6.07) is 4.51. The smallest absolute Gasteiger partial charge is 0.339 e. The van der Waals surface area contributed by atoms with Gasteiger partial charge in [0.2, 0.25) is 0 Å². The molecule has 0 amide bonds. The number of carboxylic acid groups (broad SMARTS) is 1. The maximum atomic E-state index is 13.5. The lowest BCUT2D eigenvalue weighted by Crippen LogP contribution is -2.10. The first-order chi connectivity index (χ1) is 8.99. The van der Waals surface area contributed by atoms with Crippen molar-refractivity contribution in [3.63, 3.8) is 0 Å². The highest BCUT2D eigenvalue weighted by Crippen LogP contribution is 2.21. The lowest BCUT2D eigenvalue weighted by Gasteiger charge is -2.09. The fraction of sp³-hybridized carbons (Fsp3) is 0.167. The molecule has 0 aliphatic carbocycles. The van der Waals surface area contributed by atoms with E-state index in [0.717, 1.165) is 4.47 Å². The molecule has 0 atom stereocenters. The number of anilines is 1. The molecule has 1 aromatic heterocycles. The Kier molecular flexibility index (Phi) is 3.84. The quantitative estimate of drug-likeness (QED) is 0.905. The van der Waals surface area contributed by atoms with Crippen molar-refractivity contribution in [2.24, 2.45) is 7.05 Å². The zero-order valence-electron chi connectivity index (χ0n) is 10.0. The van der Waals surface area contributed by atoms with E-state index >= 15 is 0 Å². The van der Waals surface area contributed by atoms with Gasteiger partial charge in [-0.05, 0) is 18.2 Å². The highest BCUT2D eigenvalue weighted by atomic mass is 79.9. The summed E-state index contributed by atoms with van der Waals surface area (Å²) < 4.78 is 15.7. The van der Waals surface area contributed by atoms with E-state index in [2.05, 4.69) is 26.3 Å². The Bertz CT molecular complexity index is 627. The summed E-state index contributed by atoms with van der Waals surface area (Å²) in [6.07, 6.45) is 1.27. The zero-order valence-corrected chi connectivity index (χ0v) is 11.6. The molecule has 0 fully saturated rings. The van der Waals surface area contributed by atoms with E-state index in [4.69, 9.17) is 5.11 Å². The van der Waals surface area contributed by atoms with Crippen LogP contribution in [0.15, 0.2) is 28.9 Å². The predicted octanol–water partition coefficient (Wildman–Crippen LogP) is 2.63. The Hall–Kier alpha value is -1.89. The van der Waals surface area contributed by atoms with Crippen LogP contribution in [0.2, 0.25) is 0 Å². The summed E-state index contributed by atoms with van der Waals surface area (Å²) in [7, 11) is 1.64. The molecular formula is C12H11BrFN3O2. The van der Waals surface area contributed by atoms with Crippen LogP contribution in [0.3, 0.4) is 0 Å². The molecular weight excluding hydrogens is 317 g/mol. The number of aromatic nitrogens is 2. The van der Waals surface area contributed by atoms with Gasteiger partial charge in [-0.3, -0.25) is 4.68 Å². The molecule has 0 saturated carbocycles. The molecule has 19 heavy (non-hydrogen) atoms. The van der Waals surface area contributed by atoms with E-state index in [1.807, 2.05) is 0 Å². The molecule has 2 N–H and O–H groups in total. The third kappa shape index (κ3) is 2.93. The number of nitrogens with one attached hydrogen (secondary N) is 1. The number of hydrogen-bond acceptors (Lipinski definition) is 3. The van der Waals surface area contributed by atoms with Crippen molar-refractivity contribution in [1.29, 1.82) is 0 Å². The Morgan fingerprint density at radius 2 is 2.32 bits per heavy atom. The van der Waals surface area contributed by atoms with Crippen LogP contribution < -0.4 is 5.32 Å². The van der Waals surface area contributed by atoms with Crippen molar-refractivity contribution < 1.29 is 14.3 Å². The molecule has 2 rings (SSSR count). The van der Waals surface area contributed by atoms with Gasteiger partial charge in [0.05, 0.1) is 24.1 Å². The van der Waals surface area contributed by atoms with Crippen molar-refractivity contribution in [3.8, 4) is 0 Å². The lowest BCUT2D eigenvalue weighted by atomic mass is 10.2. The topological polar surface area (TPSA) is 67.2 Å². The van der Waals surface area contributed by atoms with Gasteiger partial charge in [0.25, 0.3) is 0 Å². The number of rotatable bonds is 4. The maximum absolute atomic E-state index is 13.5. The van der Waals surface area contributed by atoms with E-state index in [9.17, 15) is 9.18 Å². The van der Waals surface area contributed by atoms with Crippen LogP contribution in [0, 0.1) is 5.82 Å². The van der Waals surface area contributed by atoms with Gasteiger partial charge in [-0.2, -0.15) is 5.10 Å². The Labute approximate surface area is 117 Å². The number of aryl methyl sites for hydroxylation is 1. The van der Waals surface area contributed by atoms with Gasteiger partial charge in [-0.1, -0.05) is 15.9 Å². The normalized spacial score (nSPS) is 10.5. The largest absolute Gasteiger partial charge is 0.478 e. The first-order valence-corrected chi connectivity index (χ1v) is 6.21. The zero-order chi connectivity index (χ0) is 14.0. The average molecular weight is 328 g/mol. The number of benzene rings is 1. The van der Waals surface area contributed by atoms with Gasteiger partial charge < -0.3 is 10.4 Å². The van der Waals surface area contributed by atoms with Crippen LogP contribution in [-0.4, -0.2) is 20.9 Å². The molecule has 0 unspecified atom stereocenters. The van der Waals surface area contributed by atoms with E-state index in [-0.39, 0.29) is 12.1 Å². The van der Waals surface area contributed by atoms with Crippen LogP contribution in [0.4, 0.5) is 10.1 Å². The summed E-state index contributed by atoms with van der Waals surface area (Å²) >= 11 is 3.25. The number of carbonyl (C=O) groups is 1. The molecule has 5 nitrogen and oxygen atoms in total. The molecule has 1 aromatic carbocycles. The minimum atomic E-state index is -1.06. The summed E-state index contributed by atoms with van der Waals surface area (Å²) in [5.41, 5.74) is 0.879. The van der Waals surface area contributed by atoms with Gasteiger partial charge in [-0.15, -0.1) is 0 Å². The molecule has 0 saturated heterocycles. The van der Waals surface area contributed by atoms with Crippen LogP contribution >= 0.6 is 15.9 Å². The van der Waals surface area contributed by atoms with E-state index in [1.54, 1.807) is 19.2 Å². The molecule has 1 heterocycles. The number of hydrogen-bond donors (Lipinski definition) is 2. The standard InChI is InChI=1S/C12H11BrFN3O2/c1-17-11(8(5-16-17)12(18)19)6-15-10-4-7(13)2-3-9(10)14/h2-5,15H,6H2,1H3,(H,18,19). The van der Waals surface area contributed by atoms with Crippen molar-refractivity contribution >= 4 is 27.6 Å². The van der Waals surface area contributed by atoms with Gasteiger partial charge in [0.15, 0.2) is 0 Å². The van der Waals surface area contributed by atoms with Crippen LogP contribution in [0.5, 0.6) is 0 Å². The molecule has 7 heteroatoms. The molecule has 0 spiro atoms. The first-order valence-electron chi connectivity index (χ1n) is 5.42. The lowest BCUT2D eigenvalue weighted by molar-refractivity contribution is 0.0695. The van der Waals surface area contributed by atoms with E-state index < -0.39 is 11.8 Å². The van der Waals surface area contributed by atoms with Crippen molar-refractivity contribution in [1.82, 2.24) is 9.78 Å². The monoisotopic (exact) mass is 327 g/mol. The number of aromatic carboxylic acids is 1. The van der Waals surface area contributed by atoms with Crippen molar-refractivity contribution in [2.45, 2.75) is 6.54 Å². The minimum absolute atomic E-state index is 0.102. The molecule has 2 aromatic rings. The second-order valence-electron chi connectivity index (χ2n) is 3.91. The van der Waals surface area contributed by atoms with Gasteiger partial charge >= 0.3 is 5.97 Å². The Balaban J connectivity index is 2.21. The third-order valence-corrected chi connectivity index (χ3v) is 3.16. The average Bonchev–Trinajstić information content (AvgIpc) is 2.72. The first kappa shape index (κ1) is 13.5. The highest BCUT2D eigenvalue weighted by Gasteiger charge is 2.15. The van der Waals surface area contributed by atoms with Crippen LogP contribution in [0.25, 0.3) is 0 Å². The number of carboxylic acids is 1. The van der Waals surface area contributed by atoms with E-state index in [1.165, 1.54) is 16.9 Å². The minimum Gasteiger partial charge on any atom is -0.478 e. The third-order valence-electron chi connectivity index (χ3n) is 2.67. The SMILES string of the molecule is Cn1ncc(C(=O)O)c1CNc1cc(Br)ccc1F. The summed E-state index contributed by atoms with van der Waals surface area (Å²) in [5, 5.41) is 15.8. The summed E-state index contributed by atoms with van der Waals surface area (Å²) in [5.74, 6) is -1.46. The maximum Gasteiger partial charge on any atom is 0.339 e. The Morgan fingerprint density at radius 3 is 3.00 bits per heavy atom. The van der Waals surface area contributed by atoms with Gasteiger partial charge in [0, 0.05) is 11.5 Å². The summed E-state index contributed by atoms with van der Waals surface area (Å²) in [6.45, 7) is 0.172. The van der Waals surface area contributed by atoms with E-state index in [0.29, 0.717) is 11.4 Å². The number of nitrogens with zero attached hydrogens (tertiary/aromatic N) is 2. The van der Waals surface area contributed by atoms with Crippen LogP contribution in [0.1, 0.15) is 16.1 Å². The van der Waals surface area contributed by atoms with Gasteiger partial charge in [0.1, 0.15) is 11.4 Å². The fourth-order valence-corrected chi connectivity index (χ4v) is 2.02. The van der Waals surface area contributed by atoms with Gasteiger partial charge in [-0.25, -0.2) is 9.18 Å². The fourth-order valence-electron chi connectivity index (χ4n) is 1.66. The molecule has 0 bridgehead atoms. The molecule has 0 aliphatic rings. The second-order valence-corrected chi connectivity index (χ2v) is 4.83. The molecule has 0 aliphatic heterocycles. The summed E-state index contributed by atoms with van der Waals surface area (Å²) in [4.78, 5) is 11.0. The predicted molar refractivity (Wildman–Crippen MR) is 71.6 cm³/mol. The Morgan fingerprint density at radius 1 is 1.58 bits per heavy atom. The van der Waals surface area contributed by atoms with Crippen LogP contribution in [-0.2, 0) is 13.6 Å². The molecule has 100 valence electrons. The number of halogens is 2. The molecule has 0 radical (unpaired) electrons. The van der Waals surface area contributed by atoms with Crippen molar-refractivity contribution in [2.75, 3.05) is 5.32 Å². The second kappa shape index (κ2) is 5.40. The van der Waals surface area contributed by atoms with Crippen molar-refractivity contribution in [3.05, 3.63) is 45.9 Å².